The molecule has 2 fully saturated rings. The summed E-state index contributed by atoms with van der Waals surface area (Å²) in [5, 5.41) is 28.8. The Morgan fingerprint density at radius 3 is 2.20 bits per heavy atom. The first kappa shape index (κ1) is 15.3. The summed E-state index contributed by atoms with van der Waals surface area (Å²) in [5.74, 6) is -3.79. The maximum Gasteiger partial charge on any atom is 0.308 e. The zero-order valence-corrected chi connectivity index (χ0v) is 11.6. The van der Waals surface area contributed by atoms with Crippen molar-refractivity contribution in [2.75, 3.05) is 19.6 Å². The summed E-state index contributed by atoms with van der Waals surface area (Å²) in [6, 6.07) is 0. The van der Waals surface area contributed by atoms with Gasteiger partial charge in [0.15, 0.2) is 0 Å². The number of nitrogens with zero attached hydrogens (tertiary/aromatic N) is 1. The van der Waals surface area contributed by atoms with Crippen molar-refractivity contribution < 1.29 is 24.9 Å². The van der Waals surface area contributed by atoms with Crippen molar-refractivity contribution >= 4 is 11.9 Å². The van der Waals surface area contributed by atoms with Gasteiger partial charge in [-0.25, -0.2) is 0 Å². The van der Waals surface area contributed by atoms with Gasteiger partial charge >= 0.3 is 11.9 Å². The molecule has 0 radical (unpaired) electrons. The van der Waals surface area contributed by atoms with Crippen molar-refractivity contribution in [1.29, 1.82) is 0 Å². The average molecular weight is 285 g/mol. The van der Waals surface area contributed by atoms with Crippen molar-refractivity contribution in [1.82, 2.24) is 4.90 Å². The van der Waals surface area contributed by atoms with E-state index in [1.807, 2.05) is 4.90 Å². The summed E-state index contributed by atoms with van der Waals surface area (Å²) in [6.45, 7) is 1.22. The van der Waals surface area contributed by atoms with Gasteiger partial charge in [0.2, 0.25) is 0 Å². The number of carbonyl (C=O) groups is 2. The van der Waals surface area contributed by atoms with E-state index in [4.69, 9.17) is 5.11 Å². The second-order valence-corrected chi connectivity index (χ2v) is 6.20. The van der Waals surface area contributed by atoms with Gasteiger partial charge in [-0.2, -0.15) is 0 Å². The first-order valence-corrected chi connectivity index (χ1v) is 7.32. The van der Waals surface area contributed by atoms with Crippen molar-refractivity contribution in [2.24, 2.45) is 11.8 Å². The highest BCUT2D eigenvalue weighted by molar-refractivity contribution is 5.80. The van der Waals surface area contributed by atoms with Crippen LogP contribution >= 0.6 is 0 Å². The first-order chi connectivity index (χ1) is 9.41. The molecule has 0 spiro atoms. The SMILES string of the molecule is O=C(O)C1CCN(CC2(O)CCCCC2)CC1C(=O)O. The lowest BCUT2D eigenvalue weighted by atomic mass is 9.82. The molecule has 114 valence electrons. The van der Waals surface area contributed by atoms with Gasteiger partial charge in [-0.1, -0.05) is 19.3 Å². The third kappa shape index (κ3) is 3.49. The molecule has 2 rings (SSSR count). The normalized spacial score (nSPS) is 30.9. The number of hydrogen-bond acceptors (Lipinski definition) is 4. The minimum absolute atomic E-state index is 0.217. The Bertz CT molecular complexity index is 378. The summed E-state index contributed by atoms with van der Waals surface area (Å²) >= 11 is 0. The Hall–Kier alpha value is -1.14. The Morgan fingerprint density at radius 1 is 1.05 bits per heavy atom. The zero-order valence-electron chi connectivity index (χ0n) is 11.6. The van der Waals surface area contributed by atoms with Crippen LogP contribution in [0.5, 0.6) is 0 Å². The molecule has 0 aromatic heterocycles. The Labute approximate surface area is 118 Å². The molecule has 2 aliphatic rings. The van der Waals surface area contributed by atoms with E-state index in [1.54, 1.807) is 0 Å². The standard InChI is InChI=1S/C14H23NO5/c16-12(17)10-4-7-15(8-11(10)13(18)19)9-14(20)5-2-1-3-6-14/h10-11,20H,1-9H2,(H,16,17)(H,18,19). The highest BCUT2D eigenvalue weighted by Gasteiger charge is 2.41. The van der Waals surface area contributed by atoms with Gasteiger partial charge in [-0.05, 0) is 25.8 Å². The maximum atomic E-state index is 11.2. The molecular weight excluding hydrogens is 262 g/mol. The van der Waals surface area contributed by atoms with Crippen LogP contribution in [0.25, 0.3) is 0 Å². The summed E-state index contributed by atoms with van der Waals surface area (Å²) in [4.78, 5) is 24.3. The first-order valence-electron chi connectivity index (χ1n) is 7.32. The molecule has 0 bridgehead atoms. The lowest BCUT2D eigenvalue weighted by Gasteiger charge is -2.41. The van der Waals surface area contributed by atoms with E-state index in [1.165, 1.54) is 0 Å². The number of carboxylic acid groups (broad SMARTS) is 2. The average Bonchev–Trinajstić information content (AvgIpc) is 2.38. The summed E-state index contributed by atoms with van der Waals surface area (Å²) in [5.41, 5.74) is -0.725. The minimum Gasteiger partial charge on any atom is -0.481 e. The van der Waals surface area contributed by atoms with Gasteiger partial charge in [0.25, 0.3) is 0 Å². The molecule has 3 N–H and O–H groups in total. The zero-order chi connectivity index (χ0) is 14.8. The highest BCUT2D eigenvalue weighted by Crippen LogP contribution is 2.31. The highest BCUT2D eigenvalue weighted by atomic mass is 16.4. The second-order valence-electron chi connectivity index (χ2n) is 6.20. The Balaban J connectivity index is 1.97. The van der Waals surface area contributed by atoms with Crippen LogP contribution in [0, 0.1) is 11.8 Å². The van der Waals surface area contributed by atoms with Crippen LogP contribution in [0.4, 0.5) is 0 Å². The van der Waals surface area contributed by atoms with Crippen LogP contribution in [-0.4, -0.2) is 57.4 Å². The number of aliphatic hydroxyl groups is 1. The number of carboxylic acids is 2. The number of likely N-dealkylation sites (tertiary alicyclic amines) is 1. The largest absolute Gasteiger partial charge is 0.481 e. The molecule has 0 aromatic carbocycles. The van der Waals surface area contributed by atoms with E-state index >= 15 is 0 Å². The number of β-amino-alcohol motifs (C(OH)–C–C–N with tert-alkyl or cyclic N) is 1. The minimum atomic E-state index is -1.06. The quantitative estimate of drug-likeness (QED) is 0.706. The molecule has 20 heavy (non-hydrogen) atoms. The lowest BCUT2D eigenvalue weighted by Crippen LogP contribution is -2.52. The lowest BCUT2D eigenvalue weighted by molar-refractivity contribution is -0.158. The number of hydrogen-bond donors (Lipinski definition) is 3. The van der Waals surface area contributed by atoms with Gasteiger partial charge in [-0.3, -0.25) is 14.5 Å². The van der Waals surface area contributed by atoms with E-state index in [0.717, 1.165) is 32.1 Å². The van der Waals surface area contributed by atoms with Crippen molar-refractivity contribution in [3.63, 3.8) is 0 Å². The number of aliphatic carboxylic acids is 2. The van der Waals surface area contributed by atoms with E-state index in [9.17, 15) is 19.8 Å². The molecule has 1 saturated carbocycles. The van der Waals surface area contributed by atoms with Crippen LogP contribution < -0.4 is 0 Å². The fraction of sp³-hybridized carbons (Fsp3) is 0.857. The molecule has 0 amide bonds. The fourth-order valence-electron chi connectivity index (χ4n) is 3.49. The molecular formula is C14H23NO5. The smallest absolute Gasteiger partial charge is 0.308 e. The van der Waals surface area contributed by atoms with Gasteiger partial charge in [0, 0.05) is 13.1 Å². The van der Waals surface area contributed by atoms with Gasteiger partial charge in [0.05, 0.1) is 17.4 Å². The van der Waals surface area contributed by atoms with Crippen LogP contribution in [-0.2, 0) is 9.59 Å². The molecule has 1 aliphatic heterocycles. The molecule has 1 saturated heterocycles. The van der Waals surface area contributed by atoms with Crippen molar-refractivity contribution in [3.05, 3.63) is 0 Å². The number of piperidine rings is 1. The van der Waals surface area contributed by atoms with Crippen molar-refractivity contribution in [3.8, 4) is 0 Å². The summed E-state index contributed by atoms with van der Waals surface area (Å²) < 4.78 is 0. The van der Waals surface area contributed by atoms with Crippen LogP contribution in [0.15, 0.2) is 0 Å². The van der Waals surface area contributed by atoms with Crippen LogP contribution in [0.2, 0.25) is 0 Å². The third-order valence-electron chi connectivity index (χ3n) is 4.63. The number of rotatable bonds is 4. The fourth-order valence-corrected chi connectivity index (χ4v) is 3.49. The summed E-state index contributed by atoms with van der Waals surface area (Å²) in [6.07, 6.45) is 4.99. The molecule has 6 heteroatoms. The molecule has 6 nitrogen and oxygen atoms in total. The predicted octanol–water partition coefficient (Wildman–Crippen LogP) is 0.789. The second kappa shape index (κ2) is 6.10. The van der Waals surface area contributed by atoms with Gasteiger partial charge in [0.1, 0.15) is 0 Å². The van der Waals surface area contributed by atoms with Gasteiger partial charge in [-0.15, -0.1) is 0 Å². The van der Waals surface area contributed by atoms with Crippen LogP contribution in [0.3, 0.4) is 0 Å². The topological polar surface area (TPSA) is 98.1 Å². The molecule has 2 atom stereocenters. The van der Waals surface area contributed by atoms with E-state index < -0.39 is 29.4 Å². The molecule has 1 aliphatic carbocycles. The molecule has 0 aromatic rings. The predicted molar refractivity (Wildman–Crippen MR) is 71.3 cm³/mol. The van der Waals surface area contributed by atoms with E-state index in [2.05, 4.69) is 0 Å². The summed E-state index contributed by atoms with van der Waals surface area (Å²) in [7, 11) is 0. The molecule has 2 unspecified atom stereocenters. The van der Waals surface area contributed by atoms with E-state index in [-0.39, 0.29) is 6.54 Å². The Morgan fingerprint density at radius 2 is 1.65 bits per heavy atom. The Kier molecular flexibility index (Phi) is 4.65. The monoisotopic (exact) mass is 285 g/mol. The molecule has 1 heterocycles. The maximum absolute atomic E-state index is 11.2. The van der Waals surface area contributed by atoms with Crippen LogP contribution in [0.1, 0.15) is 38.5 Å². The van der Waals surface area contributed by atoms with Crippen molar-refractivity contribution in [2.45, 2.75) is 44.1 Å². The van der Waals surface area contributed by atoms with Gasteiger partial charge < -0.3 is 15.3 Å². The third-order valence-corrected chi connectivity index (χ3v) is 4.63. The van der Waals surface area contributed by atoms with E-state index in [0.29, 0.717) is 19.5 Å².